The van der Waals surface area contributed by atoms with Gasteiger partial charge in [-0.2, -0.15) is 0 Å². The van der Waals surface area contributed by atoms with Gasteiger partial charge in [-0.3, -0.25) is 14.4 Å². The summed E-state index contributed by atoms with van der Waals surface area (Å²) in [6, 6.07) is 21.1. The van der Waals surface area contributed by atoms with Crippen LogP contribution in [0.5, 0.6) is 5.75 Å². The maximum atomic E-state index is 12.1. The largest absolute Gasteiger partial charge is 0.497 e. The first-order valence-corrected chi connectivity index (χ1v) is 8.92. The first-order chi connectivity index (χ1) is 13.7. The summed E-state index contributed by atoms with van der Waals surface area (Å²) in [4.78, 5) is 29.0. The van der Waals surface area contributed by atoms with E-state index in [1.807, 2.05) is 66.7 Å². The minimum Gasteiger partial charge on any atom is -0.497 e. The molecule has 3 aromatic rings. The zero-order valence-electron chi connectivity index (χ0n) is 15.6. The summed E-state index contributed by atoms with van der Waals surface area (Å²) >= 11 is 0. The number of fused-ring (bicyclic) bond motifs is 1. The summed E-state index contributed by atoms with van der Waals surface area (Å²) in [6.45, 7) is 0.119. The number of carbonyl (C=O) groups is 2. The number of ether oxygens (including phenoxy) is 1. The lowest BCUT2D eigenvalue weighted by Crippen LogP contribution is -2.33. The molecule has 0 saturated carbocycles. The van der Waals surface area contributed by atoms with E-state index in [1.54, 1.807) is 7.11 Å². The van der Waals surface area contributed by atoms with E-state index in [1.165, 1.54) is 0 Å². The van der Waals surface area contributed by atoms with Gasteiger partial charge in [-0.25, -0.2) is 5.48 Å². The van der Waals surface area contributed by atoms with Gasteiger partial charge in [-0.15, -0.1) is 0 Å². The number of benzene rings is 3. The van der Waals surface area contributed by atoms with E-state index in [-0.39, 0.29) is 24.8 Å². The average Bonchev–Trinajstić information content (AvgIpc) is 2.73. The van der Waals surface area contributed by atoms with E-state index in [0.717, 1.165) is 27.6 Å². The molecule has 0 radical (unpaired) electrons. The van der Waals surface area contributed by atoms with Crippen LogP contribution in [0, 0.1) is 0 Å². The maximum Gasteiger partial charge on any atom is 0.249 e. The van der Waals surface area contributed by atoms with Crippen molar-refractivity contribution in [1.29, 1.82) is 0 Å². The van der Waals surface area contributed by atoms with Gasteiger partial charge < -0.3 is 10.1 Å². The van der Waals surface area contributed by atoms with Gasteiger partial charge in [-0.05, 0) is 34.0 Å². The monoisotopic (exact) mass is 378 g/mol. The Morgan fingerprint density at radius 2 is 1.64 bits per heavy atom. The minimum absolute atomic E-state index is 0.175. The van der Waals surface area contributed by atoms with E-state index < -0.39 is 0 Å². The second-order valence-corrected chi connectivity index (χ2v) is 6.25. The van der Waals surface area contributed by atoms with E-state index in [4.69, 9.17) is 9.57 Å². The number of hydroxylamine groups is 1. The van der Waals surface area contributed by atoms with Crippen molar-refractivity contribution in [3.63, 3.8) is 0 Å². The number of methoxy groups -OCH3 is 1. The van der Waals surface area contributed by atoms with Crippen LogP contribution in [0.3, 0.4) is 0 Å². The van der Waals surface area contributed by atoms with Gasteiger partial charge >= 0.3 is 0 Å². The highest BCUT2D eigenvalue weighted by atomic mass is 16.7. The molecule has 144 valence electrons. The van der Waals surface area contributed by atoms with Gasteiger partial charge in [0.1, 0.15) is 5.75 Å². The SMILES string of the molecule is COc1ccc(CNC(=O)CONC(=O)Cc2cccc3ccccc23)cc1. The fraction of sp³-hybridized carbons (Fsp3) is 0.182. The molecule has 0 aliphatic carbocycles. The molecule has 0 aliphatic rings. The normalized spacial score (nSPS) is 10.5. The molecular weight excluding hydrogens is 356 g/mol. The van der Waals surface area contributed by atoms with Crippen LogP contribution in [0.25, 0.3) is 10.8 Å². The van der Waals surface area contributed by atoms with Crippen molar-refractivity contribution in [2.75, 3.05) is 13.7 Å². The van der Waals surface area contributed by atoms with Crippen molar-refractivity contribution >= 4 is 22.6 Å². The molecule has 0 aliphatic heterocycles. The number of nitrogens with one attached hydrogen (secondary N) is 2. The fourth-order valence-electron chi connectivity index (χ4n) is 2.83. The summed E-state index contributed by atoms with van der Waals surface area (Å²) < 4.78 is 5.09. The van der Waals surface area contributed by atoms with Crippen molar-refractivity contribution in [3.8, 4) is 5.75 Å². The number of hydrogen-bond donors (Lipinski definition) is 2. The molecular formula is C22H22N2O4. The maximum absolute atomic E-state index is 12.1. The predicted octanol–water partition coefficient (Wildman–Crippen LogP) is 2.76. The third kappa shape index (κ3) is 5.31. The Balaban J connectivity index is 1.41. The third-order valence-electron chi connectivity index (χ3n) is 4.27. The molecule has 0 atom stereocenters. The van der Waals surface area contributed by atoms with E-state index in [0.29, 0.717) is 6.54 Å². The van der Waals surface area contributed by atoms with Crippen LogP contribution in [0.2, 0.25) is 0 Å². The van der Waals surface area contributed by atoms with Crippen molar-refractivity contribution in [3.05, 3.63) is 77.9 Å². The Labute approximate surface area is 163 Å². The van der Waals surface area contributed by atoms with E-state index in [9.17, 15) is 9.59 Å². The lowest BCUT2D eigenvalue weighted by atomic mass is 10.0. The fourth-order valence-corrected chi connectivity index (χ4v) is 2.83. The van der Waals surface area contributed by atoms with Crippen molar-refractivity contribution in [2.24, 2.45) is 0 Å². The second-order valence-electron chi connectivity index (χ2n) is 6.25. The molecule has 28 heavy (non-hydrogen) atoms. The Morgan fingerprint density at radius 1 is 0.893 bits per heavy atom. The summed E-state index contributed by atoms with van der Waals surface area (Å²) in [7, 11) is 1.60. The quantitative estimate of drug-likeness (QED) is 0.591. The molecule has 0 aromatic heterocycles. The van der Waals surface area contributed by atoms with Gasteiger partial charge in [0.05, 0.1) is 13.5 Å². The second kappa shape index (κ2) is 9.53. The molecule has 0 fully saturated rings. The van der Waals surface area contributed by atoms with Crippen molar-refractivity contribution in [2.45, 2.75) is 13.0 Å². The molecule has 3 aromatic carbocycles. The summed E-state index contributed by atoms with van der Waals surface area (Å²) in [5.74, 6) is 0.132. The van der Waals surface area contributed by atoms with Gasteiger partial charge in [0, 0.05) is 6.54 Å². The molecule has 2 amide bonds. The standard InChI is InChI=1S/C22H22N2O4/c1-27-19-11-9-16(10-12-19)14-23-22(26)15-28-24-21(25)13-18-7-4-6-17-5-2-3-8-20(17)18/h2-12H,13-15H2,1H3,(H,23,26)(H,24,25). The van der Waals surface area contributed by atoms with Gasteiger partial charge in [-0.1, -0.05) is 54.6 Å². The Bertz CT molecular complexity index is 949. The third-order valence-corrected chi connectivity index (χ3v) is 4.27. The minimum atomic E-state index is -0.318. The van der Waals surface area contributed by atoms with Gasteiger partial charge in [0.15, 0.2) is 6.61 Å². The Morgan fingerprint density at radius 3 is 2.43 bits per heavy atom. The summed E-state index contributed by atoms with van der Waals surface area (Å²) in [5.41, 5.74) is 4.17. The molecule has 0 bridgehead atoms. The highest BCUT2D eigenvalue weighted by Gasteiger charge is 2.08. The first-order valence-electron chi connectivity index (χ1n) is 8.92. The molecule has 3 rings (SSSR count). The molecule has 0 heterocycles. The van der Waals surface area contributed by atoms with Crippen molar-refractivity contribution < 1.29 is 19.2 Å². The van der Waals surface area contributed by atoms with Crippen LogP contribution in [0.4, 0.5) is 0 Å². The highest BCUT2D eigenvalue weighted by molar-refractivity contribution is 5.90. The number of carbonyl (C=O) groups excluding carboxylic acids is 2. The summed E-state index contributed by atoms with van der Waals surface area (Å²) in [5, 5.41) is 4.83. The molecule has 6 heteroatoms. The van der Waals surface area contributed by atoms with Crippen LogP contribution < -0.4 is 15.5 Å². The highest BCUT2D eigenvalue weighted by Crippen LogP contribution is 2.18. The zero-order chi connectivity index (χ0) is 19.8. The number of hydrogen-bond acceptors (Lipinski definition) is 4. The molecule has 2 N–H and O–H groups in total. The lowest BCUT2D eigenvalue weighted by molar-refractivity contribution is -0.138. The van der Waals surface area contributed by atoms with E-state index in [2.05, 4.69) is 10.8 Å². The van der Waals surface area contributed by atoms with Crippen LogP contribution in [0.1, 0.15) is 11.1 Å². The predicted molar refractivity (Wildman–Crippen MR) is 107 cm³/mol. The van der Waals surface area contributed by atoms with Gasteiger partial charge in [0.25, 0.3) is 0 Å². The zero-order valence-corrected chi connectivity index (χ0v) is 15.6. The first kappa shape index (κ1) is 19.4. The van der Waals surface area contributed by atoms with Gasteiger partial charge in [0.2, 0.25) is 11.8 Å². The Hall–Kier alpha value is -3.38. The van der Waals surface area contributed by atoms with Crippen LogP contribution in [0.15, 0.2) is 66.7 Å². The van der Waals surface area contributed by atoms with Crippen molar-refractivity contribution in [1.82, 2.24) is 10.8 Å². The van der Waals surface area contributed by atoms with Crippen LogP contribution in [-0.4, -0.2) is 25.5 Å². The topological polar surface area (TPSA) is 76.7 Å². The average molecular weight is 378 g/mol. The number of amides is 2. The summed E-state index contributed by atoms with van der Waals surface area (Å²) in [6.07, 6.45) is 0.175. The Kier molecular flexibility index (Phi) is 6.59. The molecule has 0 spiro atoms. The molecule has 0 unspecified atom stereocenters. The lowest BCUT2D eigenvalue weighted by Gasteiger charge is -2.09. The molecule has 0 saturated heterocycles. The smallest absolute Gasteiger partial charge is 0.249 e. The van der Waals surface area contributed by atoms with Crippen LogP contribution >= 0.6 is 0 Å². The van der Waals surface area contributed by atoms with E-state index >= 15 is 0 Å². The van der Waals surface area contributed by atoms with Crippen LogP contribution in [-0.2, 0) is 27.4 Å². The molecule has 6 nitrogen and oxygen atoms in total. The number of rotatable bonds is 8.